The summed E-state index contributed by atoms with van der Waals surface area (Å²) in [5.41, 5.74) is -0.731. The van der Waals surface area contributed by atoms with Gasteiger partial charge >= 0.3 is 6.09 Å². The molecule has 0 radical (unpaired) electrons. The molecule has 2 atom stereocenters. The average Bonchev–Trinajstić information content (AvgIpc) is 2.56. The molecule has 1 aromatic rings. The Labute approximate surface area is 163 Å². The number of Topliss-reactive ketones (excluding diaryl/α,β-unsaturated/α-hetero) is 1. The Morgan fingerprint density at radius 1 is 1.04 bits per heavy atom. The van der Waals surface area contributed by atoms with Gasteiger partial charge in [0.15, 0.2) is 11.6 Å². The number of fused-ring (bicyclic) bond motifs is 2. The van der Waals surface area contributed by atoms with Crippen LogP contribution in [0.2, 0.25) is 0 Å². The van der Waals surface area contributed by atoms with Crippen molar-refractivity contribution in [2.75, 3.05) is 0 Å². The average molecular weight is 397 g/mol. The molecule has 2 unspecified atom stereocenters. The number of rotatable bonds is 3. The lowest BCUT2D eigenvalue weighted by atomic mass is 9.76. The van der Waals surface area contributed by atoms with E-state index in [0.717, 1.165) is 25.3 Å². The Balaban J connectivity index is 1.70. The SMILES string of the molecule is CC(C)(C)OC(=O)N1C2CCCC1CC(C(=O)Cc1cc(F)c(F)cc1F)C2. The standard InChI is InChI=1S/C21H26F3NO3/c1-21(2,3)28-20(27)25-14-5-4-6-15(25)8-13(7-14)19(26)10-12-9-17(23)18(24)11-16(12)22/h9,11,13-15H,4-8,10H2,1-3H3. The second-order valence-electron chi connectivity index (χ2n) is 8.80. The molecule has 2 aliphatic heterocycles. The summed E-state index contributed by atoms with van der Waals surface area (Å²) in [6.45, 7) is 5.44. The summed E-state index contributed by atoms with van der Waals surface area (Å²) in [6, 6.07) is 1.04. The van der Waals surface area contributed by atoms with Crippen molar-refractivity contribution in [1.82, 2.24) is 4.90 Å². The molecular weight excluding hydrogens is 371 g/mol. The van der Waals surface area contributed by atoms with Crippen molar-refractivity contribution < 1.29 is 27.5 Å². The summed E-state index contributed by atoms with van der Waals surface area (Å²) >= 11 is 0. The highest BCUT2D eigenvalue weighted by atomic mass is 19.2. The first-order valence-corrected chi connectivity index (χ1v) is 9.72. The second-order valence-corrected chi connectivity index (χ2v) is 8.80. The van der Waals surface area contributed by atoms with E-state index in [1.807, 2.05) is 20.8 Å². The van der Waals surface area contributed by atoms with Gasteiger partial charge in [0.1, 0.15) is 17.2 Å². The van der Waals surface area contributed by atoms with Gasteiger partial charge in [0.25, 0.3) is 0 Å². The van der Waals surface area contributed by atoms with Gasteiger partial charge in [0.05, 0.1) is 0 Å². The number of carbonyl (C=O) groups excluding carboxylic acids is 2. The number of carbonyl (C=O) groups is 2. The van der Waals surface area contributed by atoms with Gasteiger partial charge in [-0.3, -0.25) is 4.79 Å². The van der Waals surface area contributed by atoms with E-state index < -0.39 is 23.1 Å². The number of nitrogens with zero attached hydrogens (tertiary/aromatic N) is 1. The molecule has 7 heteroatoms. The Morgan fingerprint density at radius 3 is 2.18 bits per heavy atom. The number of amides is 1. The fraction of sp³-hybridized carbons (Fsp3) is 0.619. The van der Waals surface area contributed by atoms with E-state index >= 15 is 0 Å². The summed E-state index contributed by atoms with van der Waals surface area (Å²) in [7, 11) is 0. The molecule has 154 valence electrons. The highest BCUT2D eigenvalue weighted by Crippen LogP contribution is 2.38. The first-order chi connectivity index (χ1) is 13.0. The maximum Gasteiger partial charge on any atom is 0.410 e. The van der Waals surface area contributed by atoms with Gasteiger partial charge in [0.2, 0.25) is 0 Å². The monoisotopic (exact) mass is 397 g/mol. The molecule has 0 aromatic heterocycles. The molecule has 28 heavy (non-hydrogen) atoms. The van der Waals surface area contributed by atoms with Crippen LogP contribution in [0.4, 0.5) is 18.0 Å². The van der Waals surface area contributed by atoms with Crippen LogP contribution in [0.15, 0.2) is 12.1 Å². The van der Waals surface area contributed by atoms with E-state index in [0.29, 0.717) is 18.9 Å². The molecule has 2 fully saturated rings. The lowest BCUT2D eigenvalue weighted by molar-refractivity contribution is -0.126. The van der Waals surface area contributed by atoms with Crippen molar-refractivity contribution in [3.63, 3.8) is 0 Å². The zero-order valence-electron chi connectivity index (χ0n) is 16.4. The van der Waals surface area contributed by atoms with E-state index in [2.05, 4.69) is 0 Å². The molecule has 2 bridgehead atoms. The summed E-state index contributed by atoms with van der Waals surface area (Å²) in [4.78, 5) is 27.1. The van der Waals surface area contributed by atoms with Crippen LogP contribution in [0.1, 0.15) is 58.4 Å². The third-order valence-electron chi connectivity index (χ3n) is 5.49. The molecule has 2 saturated heterocycles. The third kappa shape index (κ3) is 4.50. The quantitative estimate of drug-likeness (QED) is 0.690. The van der Waals surface area contributed by atoms with Crippen LogP contribution in [0.3, 0.4) is 0 Å². The Morgan fingerprint density at radius 2 is 1.61 bits per heavy atom. The Hall–Kier alpha value is -2.05. The van der Waals surface area contributed by atoms with Gasteiger partial charge in [-0.05, 0) is 64.5 Å². The Kier molecular flexibility index (Phi) is 5.73. The number of hydrogen-bond donors (Lipinski definition) is 0. The lowest BCUT2D eigenvalue weighted by Gasteiger charge is -2.48. The zero-order chi connectivity index (χ0) is 20.6. The van der Waals surface area contributed by atoms with Crippen LogP contribution in [-0.2, 0) is 16.0 Å². The van der Waals surface area contributed by atoms with Gasteiger partial charge in [0, 0.05) is 30.5 Å². The molecule has 0 aliphatic carbocycles. The first kappa shape index (κ1) is 20.7. The van der Waals surface area contributed by atoms with Crippen LogP contribution in [-0.4, -0.2) is 34.5 Å². The predicted octanol–water partition coefficient (Wildman–Crippen LogP) is 4.78. The molecule has 0 N–H and O–H groups in total. The summed E-state index contributed by atoms with van der Waals surface area (Å²) in [5.74, 6) is -3.89. The van der Waals surface area contributed by atoms with Gasteiger partial charge < -0.3 is 9.64 Å². The normalized spacial score (nSPS) is 24.8. The van der Waals surface area contributed by atoms with Gasteiger partial charge in [-0.1, -0.05) is 0 Å². The first-order valence-electron chi connectivity index (χ1n) is 9.72. The van der Waals surface area contributed by atoms with Crippen molar-refractivity contribution in [3.8, 4) is 0 Å². The second kappa shape index (κ2) is 7.76. The lowest BCUT2D eigenvalue weighted by Crippen LogP contribution is -2.56. The minimum atomic E-state index is -1.27. The molecule has 1 aromatic carbocycles. The zero-order valence-corrected chi connectivity index (χ0v) is 16.4. The number of halogens is 3. The number of ether oxygens (including phenoxy) is 1. The fourth-order valence-corrected chi connectivity index (χ4v) is 4.29. The van der Waals surface area contributed by atoms with E-state index in [4.69, 9.17) is 4.74 Å². The topological polar surface area (TPSA) is 46.6 Å². The number of hydrogen-bond acceptors (Lipinski definition) is 3. The predicted molar refractivity (Wildman–Crippen MR) is 97.3 cm³/mol. The fourth-order valence-electron chi connectivity index (χ4n) is 4.29. The minimum absolute atomic E-state index is 0.0916. The van der Waals surface area contributed by atoms with Crippen LogP contribution in [0.25, 0.3) is 0 Å². The summed E-state index contributed by atoms with van der Waals surface area (Å²) < 4.78 is 45.9. The van der Waals surface area contributed by atoms with Crippen LogP contribution < -0.4 is 0 Å². The molecule has 2 aliphatic rings. The molecule has 0 saturated carbocycles. The van der Waals surface area contributed by atoms with Gasteiger partial charge in [-0.2, -0.15) is 0 Å². The van der Waals surface area contributed by atoms with Crippen molar-refractivity contribution in [1.29, 1.82) is 0 Å². The summed E-state index contributed by atoms with van der Waals surface area (Å²) in [5, 5.41) is 0. The molecule has 2 heterocycles. The van der Waals surface area contributed by atoms with Crippen LogP contribution >= 0.6 is 0 Å². The molecular formula is C21H26F3NO3. The third-order valence-corrected chi connectivity index (χ3v) is 5.49. The van der Waals surface area contributed by atoms with Crippen molar-refractivity contribution in [3.05, 3.63) is 35.1 Å². The number of ketones is 1. The summed E-state index contributed by atoms with van der Waals surface area (Å²) in [6.07, 6.45) is 2.89. The van der Waals surface area contributed by atoms with E-state index in [-0.39, 0.29) is 41.9 Å². The van der Waals surface area contributed by atoms with Crippen LogP contribution in [0, 0.1) is 23.4 Å². The molecule has 4 nitrogen and oxygen atoms in total. The van der Waals surface area contributed by atoms with E-state index in [1.165, 1.54) is 0 Å². The van der Waals surface area contributed by atoms with E-state index in [9.17, 15) is 22.8 Å². The molecule has 1 amide bonds. The maximum absolute atomic E-state index is 13.9. The van der Waals surface area contributed by atoms with Gasteiger partial charge in [-0.25, -0.2) is 18.0 Å². The van der Waals surface area contributed by atoms with Crippen molar-refractivity contribution in [2.45, 2.75) is 77.0 Å². The number of benzene rings is 1. The smallest absolute Gasteiger partial charge is 0.410 e. The molecule has 0 spiro atoms. The molecule has 3 rings (SSSR count). The van der Waals surface area contributed by atoms with Crippen molar-refractivity contribution >= 4 is 11.9 Å². The Bertz CT molecular complexity index is 761. The highest BCUT2D eigenvalue weighted by Gasteiger charge is 2.44. The highest BCUT2D eigenvalue weighted by molar-refractivity contribution is 5.84. The van der Waals surface area contributed by atoms with Gasteiger partial charge in [-0.15, -0.1) is 0 Å². The van der Waals surface area contributed by atoms with Crippen molar-refractivity contribution in [2.24, 2.45) is 5.92 Å². The van der Waals surface area contributed by atoms with E-state index in [1.54, 1.807) is 4.90 Å². The number of piperidine rings is 2. The maximum atomic E-state index is 13.9. The van der Waals surface area contributed by atoms with Crippen LogP contribution in [0.5, 0.6) is 0 Å². The minimum Gasteiger partial charge on any atom is -0.444 e. The largest absolute Gasteiger partial charge is 0.444 e.